The second kappa shape index (κ2) is 8.25. The predicted octanol–water partition coefficient (Wildman–Crippen LogP) is 3.22. The highest BCUT2D eigenvalue weighted by atomic mass is 19.1. The normalized spacial score (nSPS) is 18.2. The zero-order valence-electron chi connectivity index (χ0n) is 14.5. The second-order valence-electron chi connectivity index (χ2n) is 6.74. The van der Waals surface area contributed by atoms with Gasteiger partial charge in [-0.25, -0.2) is 4.39 Å². The first-order valence-corrected chi connectivity index (χ1v) is 8.77. The molecule has 1 atom stereocenters. The van der Waals surface area contributed by atoms with E-state index < -0.39 is 0 Å². The van der Waals surface area contributed by atoms with Crippen LogP contribution >= 0.6 is 0 Å². The number of amides is 1. The van der Waals surface area contributed by atoms with Crippen LogP contribution in [0.25, 0.3) is 11.3 Å². The van der Waals surface area contributed by atoms with Crippen molar-refractivity contribution < 1.29 is 13.7 Å². The molecule has 1 saturated heterocycles. The summed E-state index contributed by atoms with van der Waals surface area (Å²) in [4.78, 5) is 14.3. The Kier molecular flexibility index (Phi) is 5.81. The number of likely N-dealkylation sites (tertiary alicyclic amines) is 1. The summed E-state index contributed by atoms with van der Waals surface area (Å²) < 4.78 is 18.9. The molecule has 3 rings (SSSR count). The lowest BCUT2D eigenvalue weighted by molar-refractivity contribution is -0.121. The van der Waals surface area contributed by atoms with Crippen LogP contribution in [0.2, 0.25) is 0 Å². The highest BCUT2D eigenvalue weighted by molar-refractivity contribution is 5.75. The molecule has 1 aliphatic heterocycles. The van der Waals surface area contributed by atoms with E-state index in [0.717, 1.165) is 19.5 Å². The predicted molar refractivity (Wildman–Crippen MR) is 93.2 cm³/mol. The Balaban J connectivity index is 1.46. The SMILES string of the molecule is CN1CCC[C@@H](CCC(=O)NCc2cc(-c3ccccc3F)no2)C1. The number of benzene rings is 1. The monoisotopic (exact) mass is 345 g/mol. The molecule has 0 spiro atoms. The third-order valence-electron chi connectivity index (χ3n) is 4.67. The molecule has 1 aliphatic rings. The lowest BCUT2D eigenvalue weighted by atomic mass is 9.93. The van der Waals surface area contributed by atoms with Gasteiger partial charge in [-0.2, -0.15) is 0 Å². The smallest absolute Gasteiger partial charge is 0.220 e. The number of piperidine rings is 1. The van der Waals surface area contributed by atoms with Crippen molar-refractivity contribution in [3.63, 3.8) is 0 Å². The van der Waals surface area contributed by atoms with Gasteiger partial charge in [-0.15, -0.1) is 0 Å². The highest BCUT2D eigenvalue weighted by Crippen LogP contribution is 2.22. The number of rotatable bonds is 6. The minimum atomic E-state index is -0.344. The van der Waals surface area contributed by atoms with Gasteiger partial charge in [-0.05, 0) is 50.9 Å². The van der Waals surface area contributed by atoms with Crippen molar-refractivity contribution in [2.24, 2.45) is 5.92 Å². The summed E-state index contributed by atoms with van der Waals surface area (Å²) in [6.07, 6.45) is 3.84. The third kappa shape index (κ3) is 4.89. The van der Waals surface area contributed by atoms with Gasteiger partial charge in [0, 0.05) is 24.6 Å². The maximum absolute atomic E-state index is 13.7. The van der Waals surface area contributed by atoms with Crippen LogP contribution in [0, 0.1) is 11.7 Å². The highest BCUT2D eigenvalue weighted by Gasteiger charge is 2.18. The zero-order chi connectivity index (χ0) is 17.6. The van der Waals surface area contributed by atoms with Gasteiger partial charge in [0.25, 0.3) is 0 Å². The van der Waals surface area contributed by atoms with Crippen LogP contribution in [-0.4, -0.2) is 36.1 Å². The average molecular weight is 345 g/mol. The molecular weight excluding hydrogens is 321 g/mol. The molecule has 2 heterocycles. The summed E-state index contributed by atoms with van der Waals surface area (Å²) in [5.41, 5.74) is 0.831. The van der Waals surface area contributed by atoms with Crippen molar-refractivity contribution in [2.75, 3.05) is 20.1 Å². The van der Waals surface area contributed by atoms with Crippen molar-refractivity contribution in [3.8, 4) is 11.3 Å². The van der Waals surface area contributed by atoms with Crippen LogP contribution in [0.15, 0.2) is 34.9 Å². The van der Waals surface area contributed by atoms with E-state index in [1.54, 1.807) is 24.3 Å². The second-order valence-corrected chi connectivity index (χ2v) is 6.74. The fourth-order valence-electron chi connectivity index (χ4n) is 3.31. The van der Waals surface area contributed by atoms with E-state index in [1.807, 2.05) is 0 Å². The third-order valence-corrected chi connectivity index (χ3v) is 4.67. The molecule has 1 aromatic carbocycles. The average Bonchev–Trinajstić information content (AvgIpc) is 3.07. The van der Waals surface area contributed by atoms with E-state index in [2.05, 4.69) is 22.4 Å². The zero-order valence-corrected chi connectivity index (χ0v) is 14.5. The van der Waals surface area contributed by atoms with Crippen LogP contribution in [0.3, 0.4) is 0 Å². The minimum Gasteiger partial charge on any atom is -0.359 e. The number of nitrogens with zero attached hydrogens (tertiary/aromatic N) is 2. The topological polar surface area (TPSA) is 58.4 Å². The van der Waals surface area contributed by atoms with E-state index in [-0.39, 0.29) is 18.3 Å². The number of nitrogens with one attached hydrogen (secondary N) is 1. The molecule has 0 radical (unpaired) electrons. The summed E-state index contributed by atoms with van der Waals surface area (Å²) in [6.45, 7) is 2.49. The van der Waals surface area contributed by atoms with Gasteiger partial charge in [-0.3, -0.25) is 4.79 Å². The molecule has 1 amide bonds. The number of carbonyl (C=O) groups excluding carboxylic acids is 1. The summed E-state index contributed by atoms with van der Waals surface area (Å²) in [5.74, 6) is 0.785. The largest absolute Gasteiger partial charge is 0.359 e. The van der Waals surface area contributed by atoms with Gasteiger partial charge in [0.05, 0.1) is 6.54 Å². The van der Waals surface area contributed by atoms with Gasteiger partial charge in [0.2, 0.25) is 5.91 Å². The molecule has 1 aromatic heterocycles. The summed E-state index contributed by atoms with van der Waals surface area (Å²) in [6, 6.07) is 8.07. The first-order chi connectivity index (χ1) is 12.1. The number of hydrogen-bond acceptors (Lipinski definition) is 4. The molecule has 1 N–H and O–H groups in total. The van der Waals surface area contributed by atoms with E-state index >= 15 is 0 Å². The fourth-order valence-corrected chi connectivity index (χ4v) is 3.31. The van der Waals surface area contributed by atoms with Crippen molar-refractivity contribution >= 4 is 5.91 Å². The molecule has 134 valence electrons. The Morgan fingerprint density at radius 1 is 1.44 bits per heavy atom. The summed E-state index contributed by atoms with van der Waals surface area (Å²) >= 11 is 0. The van der Waals surface area contributed by atoms with Crippen molar-refractivity contribution in [2.45, 2.75) is 32.2 Å². The quantitative estimate of drug-likeness (QED) is 0.873. The molecule has 5 nitrogen and oxygen atoms in total. The molecule has 2 aromatic rings. The summed E-state index contributed by atoms with van der Waals surface area (Å²) in [7, 11) is 2.13. The molecule has 0 unspecified atom stereocenters. The van der Waals surface area contributed by atoms with Crippen molar-refractivity contribution in [1.82, 2.24) is 15.4 Å². The molecule has 25 heavy (non-hydrogen) atoms. The molecule has 0 bridgehead atoms. The van der Waals surface area contributed by atoms with Gasteiger partial charge in [-0.1, -0.05) is 17.3 Å². The lowest BCUT2D eigenvalue weighted by Crippen LogP contribution is -2.33. The van der Waals surface area contributed by atoms with Crippen molar-refractivity contribution in [1.29, 1.82) is 0 Å². The van der Waals surface area contributed by atoms with E-state index in [4.69, 9.17) is 4.52 Å². The van der Waals surface area contributed by atoms with Gasteiger partial charge in [0.1, 0.15) is 11.5 Å². The summed E-state index contributed by atoms with van der Waals surface area (Å²) in [5, 5.41) is 6.73. The maximum atomic E-state index is 13.7. The Hall–Kier alpha value is -2.21. The number of aromatic nitrogens is 1. The molecule has 0 aliphatic carbocycles. The Morgan fingerprint density at radius 2 is 2.28 bits per heavy atom. The molecule has 0 saturated carbocycles. The Bertz CT molecular complexity index is 716. The fraction of sp³-hybridized carbons (Fsp3) is 0.474. The lowest BCUT2D eigenvalue weighted by Gasteiger charge is -2.29. The van der Waals surface area contributed by atoms with Gasteiger partial charge in [0.15, 0.2) is 5.76 Å². The van der Waals surface area contributed by atoms with Crippen LogP contribution in [-0.2, 0) is 11.3 Å². The van der Waals surface area contributed by atoms with Crippen molar-refractivity contribution in [3.05, 3.63) is 41.9 Å². The van der Waals surface area contributed by atoms with E-state index in [9.17, 15) is 9.18 Å². The van der Waals surface area contributed by atoms with E-state index in [1.165, 1.54) is 18.9 Å². The number of halogens is 1. The molecular formula is C19H24FN3O2. The first kappa shape index (κ1) is 17.6. The first-order valence-electron chi connectivity index (χ1n) is 8.77. The Morgan fingerprint density at radius 3 is 3.08 bits per heavy atom. The van der Waals surface area contributed by atoms with Gasteiger partial charge >= 0.3 is 0 Å². The van der Waals surface area contributed by atoms with Gasteiger partial charge < -0.3 is 14.7 Å². The van der Waals surface area contributed by atoms with Crippen LogP contribution in [0.5, 0.6) is 0 Å². The maximum Gasteiger partial charge on any atom is 0.220 e. The Labute approximate surface area is 147 Å². The van der Waals surface area contributed by atoms with Crippen LogP contribution < -0.4 is 5.32 Å². The number of hydrogen-bond donors (Lipinski definition) is 1. The van der Waals surface area contributed by atoms with E-state index in [0.29, 0.717) is 29.4 Å². The van der Waals surface area contributed by atoms with Crippen LogP contribution in [0.4, 0.5) is 4.39 Å². The standard InChI is InChI=1S/C19H24FN3O2/c1-23-10-4-5-14(13-23)8-9-19(24)21-12-15-11-18(22-25-15)16-6-2-3-7-17(16)20/h2-3,6-7,11,14H,4-5,8-10,12-13H2,1H3,(H,21,24)/t14-/m0/s1. The minimum absolute atomic E-state index is 0.0112. The molecule has 1 fully saturated rings. The number of carbonyl (C=O) groups is 1. The van der Waals surface area contributed by atoms with Crippen LogP contribution in [0.1, 0.15) is 31.4 Å². The molecule has 6 heteroatoms.